The van der Waals surface area contributed by atoms with Crippen molar-refractivity contribution in [2.75, 3.05) is 122 Å². The summed E-state index contributed by atoms with van der Waals surface area (Å²) in [7, 11) is 2.05. The van der Waals surface area contributed by atoms with E-state index in [1.807, 2.05) is 36.4 Å². The summed E-state index contributed by atoms with van der Waals surface area (Å²) < 4.78 is 0. The molecule has 40 heteroatoms. The van der Waals surface area contributed by atoms with Crippen LogP contribution >= 0.6 is 12.2 Å². The molecule has 6 aromatic rings. The quantitative estimate of drug-likeness (QED) is 0.0131. The predicted molar refractivity (Wildman–Crippen MR) is 427 cm³/mol. The van der Waals surface area contributed by atoms with Gasteiger partial charge in [-0.05, 0) is 117 Å². The van der Waals surface area contributed by atoms with Gasteiger partial charge in [-0.1, -0.05) is 36.4 Å². The van der Waals surface area contributed by atoms with Crippen LogP contribution in [0.4, 0.5) is 11.4 Å². The second-order valence-electron chi connectivity index (χ2n) is 27.6. The van der Waals surface area contributed by atoms with E-state index in [-0.39, 0.29) is 112 Å². The minimum absolute atomic E-state index is 0.0118. The van der Waals surface area contributed by atoms with E-state index in [1.54, 1.807) is 48.8 Å². The van der Waals surface area contributed by atoms with Gasteiger partial charge in [0.15, 0.2) is 5.11 Å². The summed E-state index contributed by atoms with van der Waals surface area (Å²) in [5, 5.41) is 47.0. The number of carbonyl (C=O) groups is 12. The lowest BCUT2D eigenvalue weighted by Gasteiger charge is -2.33. The Morgan fingerprint density at radius 1 is 0.474 bits per heavy atom. The van der Waals surface area contributed by atoms with Crippen LogP contribution in [0.15, 0.2) is 110 Å². The van der Waals surface area contributed by atoms with Crippen LogP contribution in [0.3, 0.4) is 0 Å². The Hall–Kier alpha value is -11.8. The van der Waals surface area contributed by atoms with Gasteiger partial charge in [-0.15, -0.1) is 0 Å². The lowest BCUT2D eigenvalue weighted by atomic mass is 10.1. The Kier molecular flexibility index (Phi) is 39.7. The number of aromatic amines is 2. The molecular weight excluding hydrogens is 1520 g/mol. The van der Waals surface area contributed by atoms with Gasteiger partial charge in [0.05, 0.1) is 61.6 Å². The lowest BCUT2D eigenvalue weighted by molar-refractivity contribution is -0.149. The van der Waals surface area contributed by atoms with Gasteiger partial charge in [0.2, 0.25) is 47.3 Å². The molecule has 116 heavy (non-hydrogen) atoms. The van der Waals surface area contributed by atoms with Gasteiger partial charge in [0.1, 0.15) is 23.5 Å². The van der Waals surface area contributed by atoms with E-state index in [0.29, 0.717) is 126 Å². The number of likely N-dealkylation sites (N-methyl/N-ethyl adjacent to an activating group) is 1. The number of imidazole rings is 2. The third-order valence-electron chi connectivity index (χ3n) is 18.4. The van der Waals surface area contributed by atoms with Crippen molar-refractivity contribution in [1.82, 2.24) is 96.9 Å². The van der Waals surface area contributed by atoms with E-state index in [2.05, 4.69) is 119 Å². The molecule has 0 aliphatic carbocycles. The topological polar surface area (TPSA) is 535 Å². The van der Waals surface area contributed by atoms with Crippen LogP contribution in [0.1, 0.15) is 119 Å². The van der Waals surface area contributed by atoms with Crippen molar-refractivity contribution in [1.29, 1.82) is 0 Å². The smallest absolute Gasteiger partial charge is 0.354 e. The molecule has 39 nitrogen and oxygen atoms in total. The van der Waals surface area contributed by atoms with E-state index in [4.69, 9.17) is 24.0 Å². The summed E-state index contributed by atoms with van der Waals surface area (Å²) in [6.45, 7) is 6.20. The number of nitrogens with zero attached hydrogens (tertiary/aromatic N) is 9. The molecule has 0 bridgehead atoms. The highest BCUT2D eigenvalue weighted by atomic mass is 32.1. The highest BCUT2D eigenvalue weighted by Crippen LogP contribution is 2.18. The SMILES string of the molecule is CN1CCN(Cc2cccc(C(=O)O)n2)CCN(Cc2ccc(NC(=S)Nc3ccc(CN(CC(=O)NC(CCCCNC(=O)CNC(=O)CCC(=O)NCCc4c[nH]cn4)C(=O)ON)CC(=O)NC(CCCCNC(=O)CNC(=O)CCC(=O)NCCc4c[nH]cn4)C(=O)ON)cc3)cc2)CCN(Cc2cccc(C(=O)O)n2)CC1. The van der Waals surface area contributed by atoms with E-state index >= 15 is 0 Å². The molecule has 0 radical (unpaired) electrons. The minimum Gasteiger partial charge on any atom is -0.477 e. The van der Waals surface area contributed by atoms with Gasteiger partial charge >= 0.3 is 23.9 Å². The zero-order valence-electron chi connectivity index (χ0n) is 64.9. The molecule has 18 N–H and O–H groups in total. The standard InChI is InChI=1S/C76H105N23O16S/c1-95-32-34-97(46-58-8-6-12-60(89-58)72(108)109)38-36-96(37-39-98(35-33-95)47-59-9-7-13-61(90-59)73(110)111)44-52-14-18-54(19-15-52)91-76(116)92-55-20-16-53(17-21-55)45-99(48-70(106)93-62(74(112)114-77)10-2-4-28-81-68(104)42-85-66(102)24-22-64(100)83-30-26-56-40-79-50-87-56)49-71(107)94-63(75(113)115-78)11-3-5-29-82-69(105)43-86-67(103)25-23-65(101)84-31-27-57-41-80-51-88-57/h6-9,12-21,40-41,50-51,62-63H,2-5,10-11,22-39,42-49,77-78H2,1H3,(H,79,87)(H,80,88)(H,81,104)(H,82,105)(H,83,100)(H,84,101)(H,85,102)(H,86,103)(H,93,106)(H,94,107)(H,108,109)(H,110,111)(H2,91,92,116). The fourth-order valence-electron chi connectivity index (χ4n) is 12.1. The fraction of sp³-hybridized carbons (Fsp3) is 0.461. The molecule has 8 amide bonds. The fourth-order valence-corrected chi connectivity index (χ4v) is 12.3. The Morgan fingerprint density at radius 2 is 0.862 bits per heavy atom. The van der Waals surface area contributed by atoms with Crippen molar-refractivity contribution in [2.45, 2.75) is 115 Å². The van der Waals surface area contributed by atoms with Gasteiger partial charge in [-0.25, -0.2) is 39.1 Å². The number of thiocarbonyl (C=S) groups is 1. The van der Waals surface area contributed by atoms with Crippen LogP contribution in [-0.2, 0) is 96.6 Å². The summed E-state index contributed by atoms with van der Waals surface area (Å²) in [6.07, 6.45) is 8.29. The number of nitrogens with one attached hydrogen (secondary N) is 12. The molecule has 5 heterocycles. The number of carboxylic acids is 2. The Labute approximate surface area is 676 Å². The number of benzene rings is 2. The number of pyridine rings is 2. The number of carboxylic acid groups (broad SMARTS) is 2. The third-order valence-corrected chi connectivity index (χ3v) is 18.6. The average molecular weight is 1630 g/mol. The highest BCUT2D eigenvalue weighted by Gasteiger charge is 2.28. The molecule has 0 saturated carbocycles. The first-order valence-electron chi connectivity index (χ1n) is 38.1. The summed E-state index contributed by atoms with van der Waals surface area (Å²) in [5.74, 6) is 2.37. The van der Waals surface area contributed by atoms with Gasteiger partial charge in [0, 0.05) is 167 Å². The zero-order valence-corrected chi connectivity index (χ0v) is 65.7. The normalized spacial score (nSPS) is 13.6. The number of aromatic carboxylic acids is 2. The molecular formula is C76H105N23O16S. The molecule has 0 spiro atoms. The molecule has 1 saturated heterocycles. The first-order chi connectivity index (χ1) is 55.9. The zero-order chi connectivity index (χ0) is 83.4. The second-order valence-corrected chi connectivity index (χ2v) is 28.0. The van der Waals surface area contributed by atoms with Crippen molar-refractivity contribution in [3.63, 3.8) is 0 Å². The maximum atomic E-state index is 14.0. The van der Waals surface area contributed by atoms with Crippen LogP contribution in [0, 0.1) is 0 Å². The number of hydrogen-bond acceptors (Lipinski definition) is 26. The third kappa shape index (κ3) is 36.1. The molecule has 1 fully saturated rings. The van der Waals surface area contributed by atoms with Crippen molar-refractivity contribution >= 4 is 99.8 Å². The van der Waals surface area contributed by atoms with Crippen LogP contribution < -0.4 is 65.0 Å². The largest absolute Gasteiger partial charge is 0.477 e. The Morgan fingerprint density at radius 3 is 1.26 bits per heavy atom. The average Bonchev–Trinajstić information content (AvgIpc) is 1.13. The Balaban J connectivity index is 0.930. The van der Waals surface area contributed by atoms with Crippen LogP contribution in [0.25, 0.3) is 0 Å². The van der Waals surface area contributed by atoms with Crippen LogP contribution in [0.5, 0.6) is 0 Å². The number of amides is 8. The number of unbranched alkanes of at least 4 members (excludes halogenated alkanes) is 2. The summed E-state index contributed by atoms with van der Waals surface area (Å²) >= 11 is 5.76. The molecule has 2 unspecified atom stereocenters. The van der Waals surface area contributed by atoms with Crippen LogP contribution in [-0.4, -0.2) is 265 Å². The van der Waals surface area contributed by atoms with E-state index in [9.17, 15) is 67.7 Å². The molecule has 4 aromatic heterocycles. The number of hydrogen-bond donors (Lipinski definition) is 16. The molecule has 2 aromatic carbocycles. The molecule has 1 aliphatic heterocycles. The number of carbonyl (C=O) groups excluding carboxylic acids is 10. The summed E-state index contributed by atoms with van der Waals surface area (Å²) in [4.78, 5) is 194. The predicted octanol–water partition coefficient (Wildman–Crippen LogP) is -0.431. The highest BCUT2D eigenvalue weighted by molar-refractivity contribution is 7.80. The van der Waals surface area contributed by atoms with E-state index in [0.717, 1.165) is 30.0 Å². The molecule has 2 atom stereocenters. The van der Waals surface area contributed by atoms with Crippen molar-refractivity contribution in [3.8, 4) is 0 Å². The molecule has 7 rings (SSSR count). The van der Waals surface area contributed by atoms with E-state index in [1.165, 1.54) is 29.7 Å². The number of aromatic nitrogens is 6. The van der Waals surface area contributed by atoms with Gasteiger partial charge in [0.25, 0.3) is 0 Å². The number of nitrogens with two attached hydrogens (primary N) is 2. The molecule has 1 aliphatic rings. The van der Waals surface area contributed by atoms with E-state index < -0.39 is 84.5 Å². The van der Waals surface area contributed by atoms with Gasteiger partial charge in [-0.2, -0.15) is 11.8 Å². The lowest BCUT2D eigenvalue weighted by Crippen LogP contribution is -2.50. The van der Waals surface area contributed by atoms with Crippen molar-refractivity contribution < 1.29 is 77.4 Å². The summed E-state index contributed by atoms with van der Waals surface area (Å²) in [5.41, 5.74) is 5.71. The maximum absolute atomic E-state index is 14.0. The van der Waals surface area contributed by atoms with Gasteiger partial charge < -0.3 is 87.9 Å². The minimum atomic E-state index is -1.27. The number of anilines is 2. The molecule has 626 valence electrons. The monoisotopic (exact) mass is 1630 g/mol. The van der Waals surface area contributed by atoms with Crippen molar-refractivity contribution in [3.05, 3.63) is 155 Å². The van der Waals surface area contributed by atoms with Gasteiger partial charge in [-0.3, -0.25) is 58.0 Å². The maximum Gasteiger partial charge on any atom is 0.354 e. The van der Waals surface area contributed by atoms with Crippen LogP contribution in [0.2, 0.25) is 0 Å². The first kappa shape index (κ1) is 91.4. The second kappa shape index (κ2) is 50.4. The summed E-state index contributed by atoms with van der Waals surface area (Å²) in [6, 6.07) is 22.2. The number of H-pyrrole nitrogens is 2. The van der Waals surface area contributed by atoms with Crippen molar-refractivity contribution in [2.24, 2.45) is 11.8 Å². The first-order valence-corrected chi connectivity index (χ1v) is 38.5. The Bertz CT molecular complexity index is 3960. The number of rotatable bonds is 46.